The van der Waals surface area contributed by atoms with Gasteiger partial charge in [-0.05, 0) is 13.8 Å². The quantitative estimate of drug-likeness (QED) is 0.794. The maximum Gasteiger partial charge on any atom is 0.271 e. The molecule has 1 amide bonds. The number of hydrogen-bond donors (Lipinski definition) is 2. The predicted molar refractivity (Wildman–Crippen MR) is 73.1 cm³/mol. The fourth-order valence-corrected chi connectivity index (χ4v) is 1.65. The summed E-state index contributed by atoms with van der Waals surface area (Å²) in [5.41, 5.74) is 0.272. The van der Waals surface area contributed by atoms with Gasteiger partial charge in [-0.25, -0.2) is 9.97 Å². The minimum absolute atomic E-state index is 0.272. The zero-order valence-corrected chi connectivity index (χ0v) is 11.5. The Hall–Kier alpha value is -2.51. The molecule has 0 aliphatic carbocycles. The number of anilines is 1. The van der Waals surface area contributed by atoms with Crippen molar-refractivity contribution in [3.8, 4) is 0 Å². The van der Waals surface area contributed by atoms with Crippen LogP contribution in [0.15, 0.2) is 18.7 Å². The Bertz CT molecular complexity index is 563. The molecular weight excluding hydrogens is 258 g/mol. The van der Waals surface area contributed by atoms with Crippen molar-refractivity contribution in [2.75, 3.05) is 11.9 Å². The Morgan fingerprint density at radius 3 is 2.80 bits per heavy atom. The van der Waals surface area contributed by atoms with E-state index in [1.54, 1.807) is 6.33 Å². The molecule has 0 radical (unpaired) electrons. The van der Waals surface area contributed by atoms with Crippen LogP contribution in [0.3, 0.4) is 0 Å². The third-order valence-corrected chi connectivity index (χ3v) is 2.69. The molecule has 0 aromatic carbocycles. The summed E-state index contributed by atoms with van der Waals surface area (Å²) >= 11 is 0. The predicted octanol–water partition coefficient (Wildman–Crippen LogP) is 0.450. The van der Waals surface area contributed by atoms with Gasteiger partial charge in [-0.2, -0.15) is 0 Å². The summed E-state index contributed by atoms with van der Waals surface area (Å²) in [6.07, 6.45) is 4.61. The lowest BCUT2D eigenvalue weighted by atomic mass is 10.4. The normalized spacial score (nSPS) is 10.3. The van der Waals surface area contributed by atoms with E-state index >= 15 is 0 Å². The van der Waals surface area contributed by atoms with Crippen molar-refractivity contribution in [2.45, 2.75) is 26.9 Å². The summed E-state index contributed by atoms with van der Waals surface area (Å²) < 4.78 is 1.86. The summed E-state index contributed by atoms with van der Waals surface area (Å²) in [6, 6.07) is 0. The van der Waals surface area contributed by atoms with E-state index < -0.39 is 0 Å². The molecule has 0 aliphatic heterocycles. The smallest absolute Gasteiger partial charge is 0.271 e. The lowest BCUT2D eigenvalue weighted by Gasteiger charge is -2.06. The molecule has 0 unspecified atom stereocenters. The molecule has 2 N–H and O–H groups in total. The van der Waals surface area contributed by atoms with Gasteiger partial charge in [-0.1, -0.05) is 0 Å². The Kier molecular flexibility index (Phi) is 4.59. The molecule has 0 fully saturated rings. The van der Waals surface area contributed by atoms with Gasteiger partial charge in [0.2, 0.25) is 0 Å². The summed E-state index contributed by atoms with van der Waals surface area (Å²) in [7, 11) is 0. The number of carbonyl (C=O) groups is 1. The highest BCUT2D eigenvalue weighted by atomic mass is 16.1. The zero-order chi connectivity index (χ0) is 14.4. The molecule has 2 rings (SSSR count). The number of aromatic nitrogens is 5. The molecule has 0 atom stereocenters. The van der Waals surface area contributed by atoms with Gasteiger partial charge in [0.25, 0.3) is 5.91 Å². The number of aryl methyl sites for hydroxylation is 1. The Balaban J connectivity index is 1.94. The van der Waals surface area contributed by atoms with Gasteiger partial charge < -0.3 is 15.2 Å². The summed E-state index contributed by atoms with van der Waals surface area (Å²) in [4.78, 5) is 20.1. The minimum atomic E-state index is -0.286. The first-order chi connectivity index (χ1) is 9.74. The van der Waals surface area contributed by atoms with E-state index in [-0.39, 0.29) is 11.6 Å². The SMILES string of the molecule is CCNc1cnc(C(=O)NCc2nncn2CC)cn1. The Morgan fingerprint density at radius 2 is 2.15 bits per heavy atom. The van der Waals surface area contributed by atoms with E-state index in [4.69, 9.17) is 0 Å². The Morgan fingerprint density at radius 1 is 1.30 bits per heavy atom. The molecule has 0 aliphatic rings. The van der Waals surface area contributed by atoms with Crippen molar-refractivity contribution in [2.24, 2.45) is 0 Å². The second-order valence-electron chi connectivity index (χ2n) is 4.03. The lowest BCUT2D eigenvalue weighted by Crippen LogP contribution is -2.25. The van der Waals surface area contributed by atoms with Crippen LogP contribution in [0, 0.1) is 0 Å². The van der Waals surface area contributed by atoms with E-state index in [0.717, 1.165) is 13.1 Å². The molecule has 0 bridgehead atoms. The average Bonchev–Trinajstić information content (AvgIpc) is 2.93. The number of nitrogens with one attached hydrogen (secondary N) is 2. The molecule has 2 heterocycles. The first kappa shape index (κ1) is 13.9. The maximum absolute atomic E-state index is 11.9. The van der Waals surface area contributed by atoms with Crippen LogP contribution in [0.1, 0.15) is 30.2 Å². The second kappa shape index (κ2) is 6.60. The van der Waals surface area contributed by atoms with Crippen molar-refractivity contribution in [1.82, 2.24) is 30.0 Å². The van der Waals surface area contributed by atoms with Crippen LogP contribution in [-0.4, -0.2) is 37.2 Å². The molecule has 8 nitrogen and oxygen atoms in total. The standard InChI is InChI=1S/C12H17N7O/c1-3-13-10-6-14-9(5-15-10)12(20)16-7-11-18-17-8-19(11)4-2/h5-6,8H,3-4,7H2,1-2H3,(H,13,15)(H,16,20). The van der Waals surface area contributed by atoms with Crippen molar-refractivity contribution < 1.29 is 4.79 Å². The van der Waals surface area contributed by atoms with Crippen molar-refractivity contribution in [1.29, 1.82) is 0 Å². The topological polar surface area (TPSA) is 97.6 Å². The molecule has 0 saturated carbocycles. The number of rotatable bonds is 6. The molecule has 2 aromatic rings. The monoisotopic (exact) mass is 275 g/mol. The van der Waals surface area contributed by atoms with Gasteiger partial charge in [0.1, 0.15) is 17.8 Å². The van der Waals surface area contributed by atoms with Crippen LogP contribution >= 0.6 is 0 Å². The summed E-state index contributed by atoms with van der Waals surface area (Å²) in [5, 5.41) is 13.5. The number of carbonyl (C=O) groups excluding carboxylic acids is 1. The van der Waals surface area contributed by atoms with Crippen molar-refractivity contribution >= 4 is 11.7 Å². The summed E-state index contributed by atoms with van der Waals surface area (Å²) in [5.74, 6) is 1.07. The van der Waals surface area contributed by atoms with Crippen LogP contribution in [0.2, 0.25) is 0 Å². The lowest BCUT2D eigenvalue weighted by molar-refractivity contribution is 0.0944. The van der Waals surface area contributed by atoms with Crippen LogP contribution in [0.25, 0.3) is 0 Å². The molecular formula is C12H17N7O. The van der Waals surface area contributed by atoms with Crippen molar-refractivity contribution in [3.05, 3.63) is 30.2 Å². The highest BCUT2D eigenvalue weighted by Crippen LogP contribution is 2.01. The molecule has 8 heteroatoms. The molecule has 2 aromatic heterocycles. The van der Waals surface area contributed by atoms with Gasteiger partial charge in [-0.15, -0.1) is 10.2 Å². The second-order valence-corrected chi connectivity index (χ2v) is 4.03. The van der Waals surface area contributed by atoms with Crippen LogP contribution in [-0.2, 0) is 13.1 Å². The van der Waals surface area contributed by atoms with Gasteiger partial charge in [0, 0.05) is 13.1 Å². The third-order valence-electron chi connectivity index (χ3n) is 2.69. The van der Waals surface area contributed by atoms with E-state index in [1.165, 1.54) is 12.4 Å². The van der Waals surface area contributed by atoms with Crippen LogP contribution in [0.5, 0.6) is 0 Å². The number of amides is 1. The van der Waals surface area contributed by atoms with E-state index in [1.807, 2.05) is 18.4 Å². The first-order valence-corrected chi connectivity index (χ1v) is 6.45. The maximum atomic E-state index is 11.9. The fraction of sp³-hybridized carbons (Fsp3) is 0.417. The van der Waals surface area contributed by atoms with Crippen LogP contribution < -0.4 is 10.6 Å². The van der Waals surface area contributed by atoms with E-state index in [2.05, 4.69) is 30.8 Å². The fourth-order valence-electron chi connectivity index (χ4n) is 1.65. The average molecular weight is 275 g/mol. The highest BCUT2D eigenvalue weighted by Gasteiger charge is 2.09. The van der Waals surface area contributed by atoms with Gasteiger partial charge in [0.05, 0.1) is 18.9 Å². The van der Waals surface area contributed by atoms with Gasteiger partial charge >= 0.3 is 0 Å². The summed E-state index contributed by atoms with van der Waals surface area (Å²) in [6.45, 7) is 5.78. The molecule has 106 valence electrons. The van der Waals surface area contributed by atoms with Gasteiger partial charge in [0.15, 0.2) is 5.82 Å². The molecule has 20 heavy (non-hydrogen) atoms. The molecule has 0 saturated heterocycles. The third kappa shape index (κ3) is 3.28. The number of hydrogen-bond acceptors (Lipinski definition) is 6. The Labute approximate surface area is 116 Å². The first-order valence-electron chi connectivity index (χ1n) is 6.45. The highest BCUT2D eigenvalue weighted by molar-refractivity contribution is 5.91. The van der Waals surface area contributed by atoms with E-state index in [0.29, 0.717) is 18.2 Å². The van der Waals surface area contributed by atoms with Gasteiger partial charge in [-0.3, -0.25) is 4.79 Å². The minimum Gasteiger partial charge on any atom is -0.369 e. The zero-order valence-electron chi connectivity index (χ0n) is 11.5. The largest absolute Gasteiger partial charge is 0.369 e. The van der Waals surface area contributed by atoms with E-state index in [9.17, 15) is 4.79 Å². The molecule has 0 spiro atoms. The number of nitrogens with zero attached hydrogens (tertiary/aromatic N) is 5. The van der Waals surface area contributed by atoms with Crippen molar-refractivity contribution in [3.63, 3.8) is 0 Å². The van der Waals surface area contributed by atoms with Crippen LogP contribution in [0.4, 0.5) is 5.82 Å².